The van der Waals surface area contributed by atoms with Gasteiger partial charge in [0, 0.05) is 37.4 Å². The molecule has 1 saturated carbocycles. The van der Waals surface area contributed by atoms with Crippen molar-refractivity contribution in [1.29, 1.82) is 0 Å². The van der Waals surface area contributed by atoms with Gasteiger partial charge in [-0.25, -0.2) is 4.79 Å². The van der Waals surface area contributed by atoms with Crippen molar-refractivity contribution >= 4 is 17.8 Å². The first kappa shape index (κ1) is 31.1. The summed E-state index contributed by atoms with van der Waals surface area (Å²) in [5, 5.41) is 8.74. The summed E-state index contributed by atoms with van der Waals surface area (Å²) in [6, 6.07) is 1.68. The topological polar surface area (TPSA) is 113 Å². The number of pyridine rings is 1. The number of aromatic nitrogens is 1. The van der Waals surface area contributed by atoms with Crippen molar-refractivity contribution in [3.05, 3.63) is 33.2 Å². The molecule has 1 saturated heterocycles. The summed E-state index contributed by atoms with van der Waals surface area (Å²) in [4.78, 5) is 54.9. The quantitative estimate of drug-likeness (QED) is 0.455. The van der Waals surface area contributed by atoms with Crippen molar-refractivity contribution in [1.82, 2.24) is 25.4 Å². The molecule has 3 N–H and O–H groups in total. The van der Waals surface area contributed by atoms with E-state index in [4.69, 9.17) is 0 Å². The highest BCUT2D eigenvalue weighted by Crippen LogP contribution is 2.27. The molecule has 1 aromatic heterocycles. The Morgan fingerprint density at radius 3 is 2.22 bits per heavy atom. The van der Waals surface area contributed by atoms with Gasteiger partial charge >= 0.3 is 6.03 Å². The third-order valence-corrected chi connectivity index (χ3v) is 9.01. The lowest BCUT2D eigenvalue weighted by atomic mass is 9.88. The Labute approximate surface area is 245 Å². The fourth-order valence-electron chi connectivity index (χ4n) is 6.73. The Morgan fingerprint density at radius 1 is 0.927 bits per heavy atom. The Hall–Kier alpha value is -2.84. The number of rotatable bonds is 7. The van der Waals surface area contributed by atoms with Crippen molar-refractivity contribution in [2.45, 2.75) is 135 Å². The number of piperidine rings is 1. The average Bonchev–Trinajstić information content (AvgIpc) is 2.90. The van der Waals surface area contributed by atoms with Crippen LogP contribution in [0.2, 0.25) is 0 Å². The lowest BCUT2D eigenvalue weighted by Gasteiger charge is -2.37. The zero-order valence-electron chi connectivity index (χ0n) is 25.7. The third-order valence-electron chi connectivity index (χ3n) is 9.01. The van der Waals surface area contributed by atoms with Gasteiger partial charge in [0.15, 0.2) is 0 Å². The molecule has 1 aromatic rings. The van der Waals surface area contributed by atoms with Crippen molar-refractivity contribution in [2.75, 3.05) is 13.1 Å². The molecule has 1 aliphatic heterocycles. The van der Waals surface area contributed by atoms with Crippen molar-refractivity contribution < 1.29 is 14.4 Å². The minimum absolute atomic E-state index is 0.00177. The van der Waals surface area contributed by atoms with Crippen LogP contribution < -0.4 is 21.5 Å². The number of carbonyl (C=O) groups is 3. The van der Waals surface area contributed by atoms with E-state index in [9.17, 15) is 19.2 Å². The first-order valence-corrected chi connectivity index (χ1v) is 16.0. The van der Waals surface area contributed by atoms with Gasteiger partial charge in [-0.2, -0.15) is 0 Å². The molecule has 3 aliphatic rings. The highest BCUT2D eigenvalue weighted by Gasteiger charge is 2.36. The second kappa shape index (κ2) is 13.9. The van der Waals surface area contributed by atoms with Crippen LogP contribution in [0, 0.1) is 5.92 Å². The second-order valence-corrected chi connectivity index (χ2v) is 13.3. The van der Waals surface area contributed by atoms with E-state index in [0.29, 0.717) is 38.4 Å². The molecule has 4 rings (SSSR count). The molecule has 0 radical (unpaired) electrons. The van der Waals surface area contributed by atoms with Gasteiger partial charge in [0.2, 0.25) is 5.91 Å². The van der Waals surface area contributed by atoms with E-state index in [0.717, 1.165) is 49.8 Å². The molecule has 2 aliphatic carbocycles. The highest BCUT2D eigenvalue weighted by atomic mass is 16.2. The molecule has 4 amide bonds. The number of carbonyl (C=O) groups excluding carboxylic acids is 3. The summed E-state index contributed by atoms with van der Waals surface area (Å²) in [7, 11) is 0. The summed E-state index contributed by atoms with van der Waals surface area (Å²) in [5.74, 6) is -0.177. The number of fused-ring (bicyclic) bond motifs is 1. The SMILES string of the molecule is CC(C)NC(=O)NC1CCN(C(=O)C(C)(C)NC(=O)c2cc3c(n(CC4CCCCC4)c2=O)CCCCCC3)CC1. The van der Waals surface area contributed by atoms with Crippen molar-refractivity contribution in [3.8, 4) is 0 Å². The molecule has 0 spiro atoms. The van der Waals surface area contributed by atoms with Gasteiger partial charge in [0.25, 0.3) is 11.5 Å². The minimum Gasteiger partial charge on any atom is -0.341 e. The summed E-state index contributed by atoms with van der Waals surface area (Å²) in [6.07, 6.45) is 13.5. The zero-order valence-corrected chi connectivity index (χ0v) is 25.7. The largest absolute Gasteiger partial charge is 0.341 e. The van der Waals surface area contributed by atoms with Crippen LogP contribution in [-0.2, 0) is 24.2 Å². The Kier molecular flexibility index (Phi) is 10.5. The van der Waals surface area contributed by atoms with Gasteiger partial charge in [-0.15, -0.1) is 0 Å². The highest BCUT2D eigenvalue weighted by molar-refractivity contribution is 5.99. The van der Waals surface area contributed by atoms with Gasteiger partial charge in [-0.1, -0.05) is 32.1 Å². The number of urea groups is 1. The molecule has 228 valence electrons. The van der Waals surface area contributed by atoms with Gasteiger partial charge in [-0.3, -0.25) is 14.4 Å². The van der Waals surface area contributed by atoms with Gasteiger partial charge in [-0.05, 0) is 96.6 Å². The van der Waals surface area contributed by atoms with Crippen LogP contribution in [0.25, 0.3) is 0 Å². The van der Waals surface area contributed by atoms with Crippen LogP contribution in [0.3, 0.4) is 0 Å². The summed E-state index contributed by atoms with van der Waals surface area (Å²) < 4.78 is 1.92. The van der Waals surface area contributed by atoms with Crippen LogP contribution in [0.4, 0.5) is 4.79 Å². The predicted octanol–water partition coefficient (Wildman–Crippen LogP) is 4.29. The molecule has 9 heteroatoms. The van der Waals surface area contributed by atoms with E-state index in [1.807, 2.05) is 24.5 Å². The Bertz CT molecular complexity index is 1140. The molecular formula is C32H51N5O4. The molecule has 0 aromatic carbocycles. The standard InChI is InChI=1S/C32H51N5O4/c1-22(2)33-31(41)34-25-16-18-36(19-17-25)30(40)32(3,4)35-28(38)26-20-24-14-10-5-6-11-15-27(24)37(29(26)39)21-23-12-8-7-9-13-23/h20,22-23,25H,5-19,21H2,1-4H3,(H,35,38)(H2,33,34,41). The summed E-state index contributed by atoms with van der Waals surface area (Å²) in [5.41, 5.74) is 0.996. The maximum absolute atomic E-state index is 13.9. The smallest absolute Gasteiger partial charge is 0.315 e. The normalized spacial score (nSPS) is 19.2. The zero-order chi connectivity index (χ0) is 29.6. The van der Waals surface area contributed by atoms with Crippen LogP contribution in [0.15, 0.2) is 10.9 Å². The molecule has 2 heterocycles. The molecule has 2 fully saturated rings. The van der Waals surface area contributed by atoms with E-state index in [-0.39, 0.29) is 35.1 Å². The molecular weight excluding hydrogens is 518 g/mol. The summed E-state index contributed by atoms with van der Waals surface area (Å²) >= 11 is 0. The van der Waals surface area contributed by atoms with Crippen LogP contribution in [0.5, 0.6) is 0 Å². The summed E-state index contributed by atoms with van der Waals surface area (Å²) in [6.45, 7) is 8.92. The number of likely N-dealkylation sites (tertiary alicyclic amines) is 1. The molecule has 0 atom stereocenters. The van der Waals surface area contributed by atoms with Crippen LogP contribution >= 0.6 is 0 Å². The van der Waals surface area contributed by atoms with Crippen LogP contribution in [0.1, 0.15) is 120 Å². The van der Waals surface area contributed by atoms with E-state index < -0.39 is 11.4 Å². The molecule has 0 bridgehead atoms. The van der Waals surface area contributed by atoms with Gasteiger partial charge in [0.1, 0.15) is 11.1 Å². The fourth-order valence-corrected chi connectivity index (χ4v) is 6.73. The van der Waals surface area contributed by atoms with Gasteiger partial charge < -0.3 is 25.4 Å². The third kappa shape index (κ3) is 8.13. The fraction of sp³-hybridized carbons (Fsp3) is 0.750. The maximum Gasteiger partial charge on any atom is 0.315 e. The Balaban J connectivity index is 1.47. The van der Waals surface area contributed by atoms with E-state index in [1.165, 1.54) is 32.1 Å². The monoisotopic (exact) mass is 569 g/mol. The van der Waals surface area contributed by atoms with E-state index >= 15 is 0 Å². The number of aryl methyl sites for hydroxylation is 1. The molecule has 9 nitrogen and oxygen atoms in total. The van der Waals surface area contributed by atoms with Crippen molar-refractivity contribution in [2.24, 2.45) is 5.92 Å². The molecule has 41 heavy (non-hydrogen) atoms. The van der Waals surface area contributed by atoms with Gasteiger partial charge in [0.05, 0.1) is 0 Å². The van der Waals surface area contributed by atoms with E-state index in [1.54, 1.807) is 18.7 Å². The average molecular weight is 570 g/mol. The van der Waals surface area contributed by atoms with E-state index in [2.05, 4.69) is 16.0 Å². The van der Waals surface area contributed by atoms with Crippen molar-refractivity contribution in [3.63, 3.8) is 0 Å². The second-order valence-electron chi connectivity index (χ2n) is 13.3. The number of hydrogen-bond donors (Lipinski definition) is 3. The molecule has 0 unspecified atom stereocenters. The lowest BCUT2D eigenvalue weighted by molar-refractivity contribution is -0.137. The van der Waals surface area contributed by atoms with Crippen LogP contribution in [-0.4, -0.2) is 58.0 Å². The first-order chi connectivity index (χ1) is 19.5. The number of amides is 4. The Morgan fingerprint density at radius 2 is 1.56 bits per heavy atom. The lowest BCUT2D eigenvalue weighted by Crippen LogP contribution is -2.59. The maximum atomic E-state index is 13.9. The first-order valence-electron chi connectivity index (χ1n) is 16.0. The number of nitrogens with zero attached hydrogens (tertiary/aromatic N) is 2. The minimum atomic E-state index is -1.17. The number of hydrogen-bond acceptors (Lipinski definition) is 4. The number of nitrogens with one attached hydrogen (secondary N) is 3. The predicted molar refractivity (Wildman–Crippen MR) is 161 cm³/mol.